The van der Waals surface area contributed by atoms with Gasteiger partial charge in [0.15, 0.2) is 0 Å². The molecule has 0 aromatic carbocycles. The molecule has 0 radical (unpaired) electrons. The number of ether oxygens (including phenoxy) is 1. The maximum Gasteiger partial charge on any atom is 0.122 e. The van der Waals surface area contributed by atoms with Gasteiger partial charge in [0.2, 0.25) is 0 Å². The van der Waals surface area contributed by atoms with Crippen molar-refractivity contribution in [2.24, 2.45) is 5.73 Å². The molecule has 92 valence electrons. The predicted octanol–water partition coefficient (Wildman–Crippen LogP) is 3.21. The molecule has 1 atom stereocenters. The third kappa shape index (κ3) is 3.03. The van der Waals surface area contributed by atoms with Gasteiger partial charge in [0.25, 0.3) is 0 Å². The van der Waals surface area contributed by atoms with Gasteiger partial charge in [0, 0.05) is 18.5 Å². The van der Waals surface area contributed by atoms with E-state index in [-0.39, 0.29) is 6.10 Å². The van der Waals surface area contributed by atoms with Crippen LogP contribution >= 0.6 is 11.3 Å². The second-order valence-electron chi connectivity index (χ2n) is 4.23. The molecule has 1 heterocycles. The highest BCUT2D eigenvalue weighted by Gasteiger charge is 2.19. The number of nitrogens with zero attached hydrogens (tertiary/aromatic N) is 1. The van der Waals surface area contributed by atoms with E-state index in [2.05, 4.69) is 25.8 Å². The summed E-state index contributed by atoms with van der Waals surface area (Å²) in [5.74, 6) is 0.433. The van der Waals surface area contributed by atoms with Crippen LogP contribution in [0, 0.1) is 0 Å². The van der Waals surface area contributed by atoms with Crippen molar-refractivity contribution in [1.29, 1.82) is 0 Å². The summed E-state index contributed by atoms with van der Waals surface area (Å²) in [7, 11) is 1.75. The smallest absolute Gasteiger partial charge is 0.122 e. The normalized spacial score (nSPS) is 13.4. The summed E-state index contributed by atoms with van der Waals surface area (Å²) in [4.78, 5) is 5.88. The number of thiazole rings is 1. The molecule has 1 aromatic rings. The molecule has 1 unspecified atom stereocenters. The van der Waals surface area contributed by atoms with Crippen LogP contribution in [0.1, 0.15) is 61.2 Å². The lowest BCUT2D eigenvalue weighted by Crippen LogP contribution is -2.01. The van der Waals surface area contributed by atoms with E-state index in [1.165, 1.54) is 4.88 Å². The fraction of sp³-hybridized carbons (Fsp3) is 0.750. The Balaban J connectivity index is 2.96. The van der Waals surface area contributed by atoms with Crippen molar-refractivity contribution in [3.63, 3.8) is 0 Å². The standard InChI is InChI=1S/C12H22N2OS/c1-5-6-9(15-4)12-14-11(8(2)3)10(7-13)16-12/h8-9H,5-7,13H2,1-4H3. The molecule has 0 aliphatic heterocycles. The SMILES string of the molecule is CCCC(OC)c1nc(C(C)C)c(CN)s1. The predicted molar refractivity (Wildman–Crippen MR) is 68.8 cm³/mol. The molecule has 1 aromatic heterocycles. The summed E-state index contributed by atoms with van der Waals surface area (Å²) in [5, 5.41) is 1.08. The van der Waals surface area contributed by atoms with Gasteiger partial charge < -0.3 is 10.5 Å². The first-order chi connectivity index (χ1) is 7.63. The monoisotopic (exact) mass is 242 g/mol. The van der Waals surface area contributed by atoms with Gasteiger partial charge in [0.1, 0.15) is 11.1 Å². The van der Waals surface area contributed by atoms with Crippen LogP contribution in [0.15, 0.2) is 0 Å². The highest BCUT2D eigenvalue weighted by molar-refractivity contribution is 7.11. The Bertz CT molecular complexity index is 323. The van der Waals surface area contributed by atoms with Crippen LogP contribution < -0.4 is 5.73 Å². The molecule has 3 nitrogen and oxygen atoms in total. The van der Waals surface area contributed by atoms with E-state index in [1.54, 1.807) is 18.4 Å². The maximum atomic E-state index is 5.75. The van der Waals surface area contributed by atoms with E-state index < -0.39 is 0 Å². The number of methoxy groups -OCH3 is 1. The fourth-order valence-electron chi connectivity index (χ4n) is 1.72. The first kappa shape index (κ1) is 13.6. The quantitative estimate of drug-likeness (QED) is 0.833. The fourth-order valence-corrected chi connectivity index (χ4v) is 2.93. The average molecular weight is 242 g/mol. The van der Waals surface area contributed by atoms with Crippen molar-refractivity contribution in [2.45, 2.75) is 52.2 Å². The van der Waals surface area contributed by atoms with E-state index in [0.29, 0.717) is 12.5 Å². The van der Waals surface area contributed by atoms with Crippen LogP contribution in [-0.2, 0) is 11.3 Å². The van der Waals surface area contributed by atoms with Crippen LogP contribution in [0.3, 0.4) is 0 Å². The summed E-state index contributed by atoms with van der Waals surface area (Å²) >= 11 is 1.70. The molecule has 0 aliphatic rings. The molecule has 0 saturated heterocycles. The Morgan fingerprint density at radius 2 is 2.12 bits per heavy atom. The molecular weight excluding hydrogens is 220 g/mol. The van der Waals surface area contributed by atoms with E-state index in [0.717, 1.165) is 23.5 Å². The van der Waals surface area contributed by atoms with E-state index in [1.807, 2.05) is 0 Å². The largest absolute Gasteiger partial charge is 0.374 e. The molecule has 2 N–H and O–H groups in total. The number of rotatable bonds is 6. The van der Waals surface area contributed by atoms with Gasteiger partial charge >= 0.3 is 0 Å². The average Bonchev–Trinajstić information content (AvgIpc) is 2.69. The van der Waals surface area contributed by atoms with E-state index in [9.17, 15) is 0 Å². The van der Waals surface area contributed by atoms with Gasteiger partial charge in [0.05, 0.1) is 5.69 Å². The van der Waals surface area contributed by atoms with Gasteiger partial charge in [-0.1, -0.05) is 27.2 Å². The zero-order chi connectivity index (χ0) is 12.1. The van der Waals surface area contributed by atoms with Gasteiger partial charge in [-0.2, -0.15) is 0 Å². The zero-order valence-electron chi connectivity index (χ0n) is 10.6. The summed E-state index contributed by atoms with van der Waals surface area (Å²) < 4.78 is 5.48. The third-order valence-electron chi connectivity index (χ3n) is 2.59. The van der Waals surface area contributed by atoms with Gasteiger partial charge in [-0.3, -0.25) is 0 Å². The first-order valence-corrected chi connectivity index (χ1v) is 6.68. The Morgan fingerprint density at radius 3 is 2.50 bits per heavy atom. The highest BCUT2D eigenvalue weighted by atomic mass is 32.1. The van der Waals surface area contributed by atoms with Gasteiger partial charge in [-0.25, -0.2) is 4.98 Å². The summed E-state index contributed by atoms with van der Waals surface area (Å²) in [5.41, 5.74) is 6.89. The van der Waals surface area contributed by atoms with E-state index >= 15 is 0 Å². The number of hydrogen-bond acceptors (Lipinski definition) is 4. The van der Waals surface area contributed by atoms with Crippen molar-refractivity contribution in [3.8, 4) is 0 Å². The van der Waals surface area contributed by atoms with Crippen molar-refractivity contribution in [3.05, 3.63) is 15.6 Å². The molecule has 0 spiro atoms. The van der Waals surface area contributed by atoms with Crippen LogP contribution in [0.5, 0.6) is 0 Å². The zero-order valence-corrected chi connectivity index (χ0v) is 11.4. The lowest BCUT2D eigenvalue weighted by molar-refractivity contribution is 0.0946. The minimum Gasteiger partial charge on any atom is -0.374 e. The van der Waals surface area contributed by atoms with Crippen molar-refractivity contribution < 1.29 is 4.74 Å². The van der Waals surface area contributed by atoms with Gasteiger partial charge in [-0.05, 0) is 12.3 Å². The Labute approximate surface area is 102 Å². The lowest BCUT2D eigenvalue weighted by Gasteiger charge is -2.10. The molecule has 0 bridgehead atoms. The number of aromatic nitrogens is 1. The molecule has 16 heavy (non-hydrogen) atoms. The lowest BCUT2D eigenvalue weighted by atomic mass is 10.1. The molecule has 0 saturated carbocycles. The maximum absolute atomic E-state index is 5.75. The number of hydrogen-bond donors (Lipinski definition) is 1. The van der Waals surface area contributed by atoms with Crippen LogP contribution in [0.4, 0.5) is 0 Å². The Morgan fingerprint density at radius 1 is 1.44 bits per heavy atom. The minimum atomic E-state index is 0.132. The second kappa shape index (κ2) is 6.33. The Hall–Kier alpha value is -0.450. The molecule has 0 fully saturated rings. The van der Waals surface area contributed by atoms with Gasteiger partial charge in [-0.15, -0.1) is 11.3 Å². The van der Waals surface area contributed by atoms with Crippen molar-refractivity contribution >= 4 is 11.3 Å². The molecular formula is C12H22N2OS. The summed E-state index contributed by atoms with van der Waals surface area (Å²) in [6.07, 6.45) is 2.26. The highest BCUT2D eigenvalue weighted by Crippen LogP contribution is 2.31. The van der Waals surface area contributed by atoms with Crippen molar-refractivity contribution in [2.75, 3.05) is 7.11 Å². The van der Waals surface area contributed by atoms with Crippen LogP contribution in [0.2, 0.25) is 0 Å². The first-order valence-electron chi connectivity index (χ1n) is 5.86. The third-order valence-corrected chi connectivity index (χ3v) is 3.77. The van der Waals surface area contributed by atoms with E-state index in [4.69, 9.17) is 10.5 Å². The topological polar surface area (TPSA) is 48.1 Å². The summed E-state index contributed by atoms with van der Waals surface area (Å²) in [6.45, 7) is 7.04. The molecule has 0 aliphatic carbocycles. The number of nitrogens with two attached hydrogens (primary N) is 1. The minimum absolute atomic E-state index is 0.132. The summed E-state index contributed by atoms with van der Waals surface area (Å²) in [6, 6.07) is 0. The van der Waals surface area contributed by atoms with Crippen LogP contribution in [0.25, 0.3) is 0 Å². The van der Waals surface area contributed by atoms with Crippen molar-refractivity contribution in [1.82, 2.24) is 4.98 Å². The molecule has 4 heteroatoms. The second-order valence-corrected chi connectivity index (χ2v) is 5.35. The Kier molecular flexibility index (Phi) is 5.38. The van der Waals surface area contributed by atoms with Crippen LogP contribution in [-0.4, -0.2) is 12.1 Å². The molecule has 0 amide bonds. The molecule has 1 rings (SSSR count).